The summed E-state index contributed by atoms with van der Waals surface area (Å²) in [6, 6.07) is 7.55. The van der Waals surface area contributed by atoms with E-state index >= 15 is 0 Å². The van der Waals surface area contributed by atoms with E-state index in [9.17, 15) is 0 Å². The van der Waals surface area contributed by atoms with Crippen LogP contribution in [0.5, 0.6) is 0 Å². The molecule has 0 aliphatic rings. The highest BCUT2D eigenvalue weighted by molar-refractivity contribution is 6.30. The zero-order valence-corrected chi connectivity index (χ0v) is 9.56. The van der Waals surface area contributed by atoms with Crippen molar-refractivity contribution in [2.45, 2.75) is 12.8 Å². The fourth-order valence-electron chi connectivity index (χ4n) is 1.53. The lowest BCUT2D eigenvalue weighted by Crippen LogP contribution is -1.93. The predicted octanol–water partition coefficient (Wildman–Crippen LogP) is 2.45. The summed E-state index contributed by atoms with van der Waals surface area (Å²) in [5.74, 6) is 0. The van der Waals surface area contributed by atoms with E-state index in [0.29, 0.717) is 5.02 Å². The largest absolute Gasteiger partial charge is 0.396 e. The molecular formula is C12H13ClN2O. The summed E-state index contributed by atoms with van der Waals surface area (Å²) in [6.45, 7) is 0.211. The second-order valence-corrected chi connectivity index (χ2v) is 4.04. The molecule has 3 nitrogen and oxygen atoms in total. The first-order chi connectivity index (χ1) is 7.79. The second kappa shape index (κ2) is 5.14. The van der Waals surface area contributed by atoms with E-state index in [1.807, 2.05) is 36.7 Å². The van der Waals surface area contributed by atoms with Crippen LogP contribution in [0.25, 0.3) is 5.69 Å². The maximum Gasteiger partial charge on any atom is 0.0660 e. The first-order valence-electron chi connectivity index (χ1n) is 5.20. The highest BCUT2D eigenvalue weighted by Gasteiger charge is 2.01. The van der Waals surface area contributed by atoms with E-state index in [1.54, 1.807) is 4.68 Å². The van der Waals surface area contributed by atoms with Crippen molar-refractivity contribution in [1.82, 2.24) is 9.78 Å². The lowest BCUT2D eigenvalue weighted by atomic mass is 10.2. The molecule has 0 saturated heterocycles. The van der Waals surface area contributed by atoms with Gasteiger partial charge in [-0.1, -0.05) is 17.7 Å². The van der Waals surface area contributed by atoms with Crippen molar-refractivity contribution >= 4 is 11.6 Å². The summed E-state index contributed by atoms with van der Waals surface area (Å²) in [4.78, 5) is 0. The SMILES string of the molecule is OCCCc1cnn(-c2cccc(Cl)c2)c1. The summed E-state index contributed by atoms with van der Waals surface area (Å²) in [6.07, 6.45) is 5.39. The van der Waals surface area contributed by atoms with Crippen molar-refractivity contribution in [1.29, 1.82) is 0 Å². The molecule has 0 fully saturated rings. The Labute approximate surface area is 99.3 Å². The van der Waals surface area contributed by atoms with Gasteiger partial charge in [0.2, 0.25) is 0 Å². The zero-order valence-electron chi connectivity index (χ0n) is 8.81. The summed E-state index contributed by atoms with van der Waals surface area (Å²) >= 11 is 5.91. The molecular weight excluding hydrogens is 224 g/mol. The van der Waals surface area contributed by atoms with Crippen molar-refractivity contribution < 1.29 is 5.11 Å². The number of nitrogens with zero attached hydrogens (tertiary/aromatic N) is 2. The van der Waals surface area contributed by atoms with Crippen LogP contribution < -0.4 is 0 Å². The number of aliphatic hydroxyl groups is 1. The Morgan fingerprint density at radius 1 is 1.38 bits per heavy atom. The molecule has 1 heterocycles. The van der Waals surface area contributed by atoms with Gasteiger partial charge in [0, 0.05) is 17.8 Å². The van der Waals surface area contributed by atoms with Crippen LogP contribution in [-0.4, -0.2) is 21.5 Å². The smallest absolute Gasteiger partial charge is 0.0660 e. The lowest BCUT2D eigenvalue weighted by molar-refractivity contribution is 0.288. The lowest BCUT2D eigenvalue weighted by Gasteiger charge is -2.00. The number of hydrogen-bond donors (Lipinski definition) is 1. The van der Waals surface area contributed by atoms with Crippen molar-refractivity contribution in [3.8, 4) is 5.69 Å². The van der Waals surface area contributed by atoms with Crippen molar-refractivity contribution in [3.63, 3.8) is 0 Å². The highest BCUT2D eigenvalue weighted by atomic mass is 35.5. The average molecular weight is 237 g/mol. The molecule has 0 radical (unpaired) electrons. The maximum atomic E-state index is 8.74. The molecule has 0 bridgehead atoms. The van der Waals surface area contributed by atoms with Gasteiger partial charge in [0.25, 0.3) is 0 Å². The highest BCUT2D eigenvalue weighted by Crippen LogP contribution is 2.14. The Balaban J connectivity index is 2.18. The van der Waals surface area contributed by atoms with Gasteiger partial charge >= 0.3 is 0 Å². The van der Waals surface area contributed by atoms with Gasteiger partial charge in [0.1, 0.15) is 0 Å². The van der Waals surface area contributed by atoms with Gasteiger partial charge in [-0.05, 0) is 36.6 Å². The van der Waals surface area contributed by atoms with E-state index in [4.69, 9.17) is 16.7 Å². The fraction of sp³-hybridized carbons (Fsp3) is 0.250. The van der Waals surface area contributed by atoms with Gasteiger partial charge in [0.05, 0.1) is 11.9 Å². The van der Waals surface area contributed by atoms with Crippen LogP contribution in [0.3, 0.4) is 0 Å². The number of hydrogen-bond acceptors (Lipinski definition) is 2. The summed E-state index contributed by atoms with van der Waals surface area (Å²) < 4.78 is 1.79. The number of benzene rings is 1. The van der Waals surface area contributed by atoms with E-state index < -0.39 is 0 Å². The molecule has 0 saturated carbocycles. The van der Waals surface area contributed by atoms with Crippen molar-refractivity contribution in [2.24, 2.45) is 0 Å². The molecule has 2 rings (SSSR count). The number of halogens is 1. The Morgan fingerprint density at radius 3 is 3.00 bits per heavy atom. The molecule has 0 spiro atoms. The topological polar surface area (TPSA) is 38.1 Å². The number of aryl methyl sites for hydroxylation is 1. The van der Waals surface area contributed by atoms with Gasteiger partial charge in [-0.15, -0.1) is 0 Å². The molecule has 16 heavy (non-hydrogen) atoms. The number of rotatable bonds is 4. The molecule has 0 unspecified atom stereocenters. The predicted molar refractivity (Wildman–Crippen MR) is 64.0 cm³/mol. The van der Waals surface area contributed by atoms with E-state index in [2.05, 4.69) is 5.10 Å². The molecule has 2 aromatic rings. The summed E-state index contributed by atoms with van der Waals surface area (Å²) in [5, 5.41) is 13.7. The van der Waals surface area contributed by atoms with Crippen LogP contribution >= 0.6 is 11.6 Å². The Hall–Kier alpha value is -1.32. The zero-order chi connectivity index (χ0) is 11.4. The average Bonchev–Trinajstić information content (AvgIpc) is 2.75. The van der Waals surface area contributed by atoms with E-state index in [-0.39, 0.29) is 6.61 Å². The minimum Gasteiger partial charge on any atom is -0.396 e. The Morgan fingerprint density at radius 2 is 2.25 bits per heavy atom. The Bertz CT molecular complexity index is 468. The van der Waals surface area contributed by atoms with E-state index in [0.717, 1.165) is 24.1 Å². The van der Waals surface area contributed by atoms with Crippen LogP contribution in [-0.2, 0) is 6.42 Å². The molecule has 4 heteroatoms. The van der Waals surface area contributed by atoms with Gasteiger partial charge in [-0.25, -0.2) is 4.68 Å². The van der Waals surface area contributed by atoms with Gasteiger partial charge in [-0.3, -0.25) is 0 Å². The van der Waals surface area contributed by atoms with Crippen LogP contribution in [0, 0.1) is 0 Å². The third-order valence-electron chi connectivity index (χ3n) is 2.33. The monoisotopic (exact) mass is 236 g/mol. The Kier molecular flexibility index (Phi) is 3.59. The van der Waals surface area contributed by atoms with Gasteiger partial charge in [-0.2, -0.15) is 5.10 Å². The summed E-state index contributed by atoms with van der Waals surface area (Å²) in [5.41, 5.74) is 2.07. The number of aliphatic hydroxyl groups excluding tert-OH is 1. The minimum absolute atomic E-state index is 0.211. The van der Waals surface area contributed by atoms with Crippen molar-refractivity contribution in [2.75, 3.05) is 6.61 Å². The summed E-state index contributed by atoms with van der Waals surface area (Å²) in [7, 11) is 0. The van der Waals surface area contributed by atoms with Crippen LogP contribution in [0.1, 0.15) is 12.0 Å². The molecule has 1 aromatic heterocycles. The molecule has 0 aliphatic carbocycles. The first kappa shape index (κ1) is 11.2. The molecule has 1 N–H and O–H groups in total. The number of aromatic nitrogens is 2. The maximum absolute atomic E-state index is 8.74. The molecule has 84 valence electrons. The third kappa shape index (κ3) is 2.62. The fourth-order valence-corrected chi connectivity index (χ4v) is 1.72. The molecule has 0 amide bonds. The molecule has 1 aromatic carbocycles. The van der Waals surface area contributed by atoms with Crippen LogP contribution in [0.2, 0.25) is 5.02 Å². The van der Waals surface area contributed by atoms with Crippen molar-refractivity contribution in [3.05, 3.63) is 47.2 Å². The first-order valence-corrected chi connectivity index (χ1v) is 5.58. The van der Waals surface area contributed by atoms with Gasteiger partial charge < -0.3 is 5.11 Å². The van der Waals surface area contributed by atoms with Crippen LogP contribution in [0.15, 0.2) is 36.7 Å². The quantitative estimate of drug-likeness (QED) is 0.886. The normalized spacial score (nSPS) is 10.6. The molecule has 0 aliphatic heterocycles. The third-order valence-corrected chi connectivity index (χ3v) is 2.57. The second-order valence-electron chi connectivity index (χ2n) is 3.60. The minimum atomic E-state index is 0.211. The van der Waals surface area contributed by atoms with E-state index in [1.165, 1.54) is 0 Å². The van der Waals surface area contributed by atoms with Gasteiger partial charge in [0.15, 0.2) is 0 Å². The van der Waals surface area contributed by atoms with Crippen LogP contribution in [0.4, 0.5) is 0 Å². The standard InChI is InChI=1S/C12H13ClN2O/c13-11-4-1-5-12(7-11)15-9-10(8-14-15)3-2-6-16/h1,4-5,7-9,16H,2-3,6H2. The molecule has 0 atom stereocenters.